The van der Waals surface area contributed by atoms with E-state index in [0.29, 0.717) is 6.10 Å². The van der Waals surface area contributed by atoms with Gasteiger partial charge in [-0.1, -0.05) is 32.9 Å². The van der Waals surface area contributed by atoms with Crippen LogP contribution in [-0.4, -0.2) is 43.4 Å². The topological polar surface area (TPSA) is 12.5 Å². The maximum atomic E-state index is 5.49. The largest absolute Gasteiger partial charge is 0.367 e. The van der Waals surface area contributed by atoms with E-state index in [0.717, 1.165) is 6.61 Å². The highest BCUT2D eigenvalue weighted by Crippen LogP contribution is 2.20. The van der Waals surface area contributed by atoms with Crippen LogP contribution in [0.5, 0.6) is 0 Å². The van der Waals surface area contributed by atoms with E-state index in [4.69, 9.17) is 4.74 Å². The van der Waals surface area contributed by atoms with Crippen molar-refractivity contribution in [3.8, 4) is 0 Å². The van der Waals surface area contributed by atoms with Crippen LogP contribution in [0.3, 0.4) is 0 Å². The van der Waals surface area contributed by atoms with Crippen LogP contribution in [0.2, 0.25) is 0 Å². The monoisotopic (exact) mass is 268 g/mol. The molecule has 112 valence electrons. The number of hydrogen-bond acceptors (Lipinski definition) is 1. The Morgan fingerprint density at radius 3 is 2.21 bits per heavy atom. The lowest BCUT2D eigenvalue weighted by atomic mass is 10.1. The minimum absolute atomic E-state index is 0.568. The fourth-order valence-corrected chi connectivity index (χ4v) is 3.16. The van der Waals surface area contributed by atoms with Gasteiger partial charge in [-0.3, -0.25) is 0 Å². The molecule has 0 aromatic heterocycles. The number of allylic oxidation sites excluding steroid dienone is 2. The van der Waals surface area contributed by atoms with E-state index in [2.05, 4.69) is 32.9 Å². The third-order valence-corrected chi connectivity index (χ3v) is 4.04. The van der Waals surface area contributed by atoms with Crippen molar-refractivity contribution < 1.29 is 9.22 Å². The van der Waals surface area contributed by atoms with E-state index in [-0.39, 0.29) is 0 Å². The van der Waals surface area contributed by atoms with Crippen molar-refractivity contribution in [2.75, 3.05) is 32.8 Å². The molecule has 2 heteroatoms. The quantitative estimate of drug-likeness (QED) is 0.224. The minimum atomic E-state index is 0.568. The van der Waals surface area contributed by atoms with Crippen molar-refractivity contribution in [1.29, 1.82) is 0 Å². The zero-order chi connectivity index (χ0) is 14.0. The summed E-state index contributed by atoms with van der Waals surface area (Å²) in [6.07, 6.45) is 12.9. The summed E-state index contributed by atoms with van der Waals surface area (Å²) in [4.78, 5) is 0. The standard InChI is InChI=1S/C17H34NO/c1-4-7-8-9-10-11-14-18(12-5-2,13-6-3)15-17-16-19-17/h7-8,17H,4-6,9-16H2,1-3H3/q+1/b8-7+. The third kappa shape index (κ3) is 7.12. The summed E-state index contributed by atoms with van der Waals surface area (Å²) in [6.45, 7) is 13.1. The molecule has 0 aromatic carbocycles. The Morgan fingerprint density at radius 1 is 1.00 bits per heavy atom. The first kappa shape index (κ1) is 16.7. The lowest BCUT2D eigenvalue weighted by Gasteiger charge is -2.38. The SMILES string of the molecule is CC/C=C/CCCC[N+](CCC)(CCC)CC1CO1. The van der Waals surface area contributed by atoms with Gasteiger partial charge in [-0.2, -0.15) is 0 Å². The number of epoxide rings is 1. The molecule has 0 radical (unpaired) electrons. The molecule has 0 aliphatic carbocycles. The lowest BCUT2D eigenvalue weighted by Crippen LogP contribution is -2.52. The Hall–Kier alpha value is -0.340. The summed E-state index contributed by atoms with van der Waals surface area (Å²) in [5, 5.41) is 0. The molecule has 1 aliphatic rings. The first-order valence-corrected chi connectivity index (χ1v) is 8.38. The van der Waals surface area contributed by atoms with Crippen LogP contribution < -0.4 is 0 Å². The molecular formula is C17H34NO+. The van der Waals surface area contributed by atoms with Gasteiger partial charge in [0.1, 0.15) is 12.6 Å². The van der Waals surface area contributed by atoms with Crippen molar-refractivity contribution in [3.63, 3.8) is 0 Å². The van der Waals surface area contributed by atoms with Gasteiger partial charge in [-0.05, 0) is 38.5 Å². The van der Waals surface area contributed by atoms with E-state index >= 15 is 0 Å². The summed E-state index contributed by atoms with van der Waals surface area (Å²) in [5.41, 5.74) is 0. The van der Waals surface area contributed by atoms with Crippen molar-refractivity contribution in [3.05, 3.63) is 12.2 Å². The van der Waals surface area contributed by atoms with Gasteiger partial charge in [0.2, 0.25) is 0 Å². The molecule has 1 heterocycles. The molecule has 0 saturated carbocycles. The molecule has 1 aliphatic heterocycles. The first-order valence-electron chi connectivity index (χ1n) is 8.38. The molecule has 0 bridgehead atoms. The summed E-state index contributed by atoms with van der Waals surface area (Å²) < 4.78 is 6.79. The molecule has 1 unspecified atom stereocenters. The molecule has 1 fully saturated rings. The lowest BCUT2D eigenvalue weighted by molar-refractivity contribution is -0.929. The smallest absolute Gasteiger partial charge is 0.130 e. The molecular weight excluding hydrogens is 234 g/mol. The second kappa shape index (κ2) is 9.55. The highest BCUT2D eigenvalue weighted by Gasteiger charge is 2.35. The van der Waals surface area contributed by atoms with Crippen LogP contribution in [0.4, 0.5) is 0 Å². The third-order valence-electron chi connectivity index (χ3n) is 4.04. The van der Waals surface area contributed by atoms with E-state index in [1.54, 1.807) is 0 Å². The Kier molecular flexibility index (Phi) is 8.40. The van der Waals surface area contributed by atoms with Crippen molar-refractivity contribution in [1.82, 2.24) is 0 Å². The van der Waals surface area contributed by atoms with Gasteiger partial charge in [0.05, 0.1) is 26.2 Å². The molecule has 1 atom stereocenters. The second-order valence-corrected chi connectivity index (χ2v) is 6.03. The number of nitrogens with zero attached hydrogens (tertiary/aromatic N) is 1. The first-order chi connectivity index (χ1) is 9.26. The molecule has 1 saturated heterocycles. The van der Waals surface area contributed by atoms with Crippen LogP contribution in [0.25, 0.3) is 0 Å². The summed E-state index contributed by atoms with van der Waals surface area (Å²) >= 11 is 0. The van der Waals surface area contributed by atoms with Gasteiger partial charge in [0, 0.05) is 0 Å². The maximum Gasteiger partial charge on any atom is 0.130 e. The minimum Gasteiger partial charge on any atom is -0.367 e. The van der Waals surface area contributed by atoms with Crippen LogP contribution in [0.15, 0.2) is 12.2 Å². The highest BCUT2D eigenvalue weighted by molar-refractivity contribution is 4.79. The summed E-state index contributed by atoms with van der Waals surface area (Å²) in [5.74, 6) is 0. The van der Waals surface area contributed by atoms with Gasteiger partial charge in [-0.25, -0.2) is 0 Å². The fourth-order valence-electron chi connectivity index (χ4n) is 3.16. The predicted octanol–water partition coefficient (Wildman–Crippen LogP) is 4.16. The van der Waals surface area contributed by atoms with Crippen molar-refractivity contribution in [2.45, 2.75) is 65.4 Å². The molecule has 1 rings (SSSR count). The van der Waals surface area contributed by atoms with Crippen molar-refractivity contribution >= 4 is 0 Å². The van der Waals surface area contributed by atoms with Crippen molar-refractivity contribution in [2.24, 2.45) is 0 Å². The number of hydrogen-bond donors (Lipinski definition) is 0. The van der Waals surface area contributed by atoms with E-state index in [1.165, 1.54) is 69.2 Å². The average molecular weight is 268 g/mol. The number of unbranched alkanes of at least 4 members (excludes halogenated alkanes) is 2. The fraction of sp³-hybridized carbons (Fsp3) is 0.882. The number of rotatable bonds is 12. The van der Waals surface area contributed by atoms with Crippen LogP contribution in [0, 0.1) is 0 Å². The Morgan fingerprint density at radius 2 is 1.68 bits per heavy atom. The van der Waals surface area contributed by atoms with E-state index in [1.807, 2.05) is 0 Å². The number of ether oxygens (including phenoxy) is 1. The van der Waals surface area contributed by atoms with Gasteiger partial charge in [0.25, 0.3) is 0 Å². The summed E-state index contributed by atoms with van der Waals surface area (Å²) in [7, 11) is 0. The normalized spacial score (nSPS) is 19.2. The van der Waals surface area contributed by atoms with Gasteiger partial charge in [-0.15, -0.1) is 0 Å². The zero-order valence-corrected chi connectivity index (χ0v) is 13.4. The zero-order valence-electron chi connectivity index (χ0n) is 13.4. The van der Waals surface area contributed by atoms with Gasteiger partial charge >= 0.3 is 0 Å². The number of quaternary nitrogens is 1. The predicted molar refractivity (Wildman–Crippen MR) is 83.3 cm³/mol. The Balaban J connectivity index is 2.35. The Labute approximate surface area is 120 Å². The van der Waals surface area contributed by atoms with Gasteiger partial charge < -0.3 is 9.22 Å². The summed E-state index contributed by atoms with van der Waals surface area (Å²) in [6, 6.07) is 0. The van der Waals surface area contributed by atoms with Crippen LogP contribution in [0.1, 0.15) is 59.3 Å². The highest BCUT2D eigenvalue weighted by atomic mass is 16.6. The van der Waals surface area contributed by atoms with Crippen LogP contribution in [-0.2, 0) is 4.74 Å². The van der Waals surface area contributed by atoms with Gasteiger partial charge in [0.15, 0.2) is 0 Å². The maximum absolute atomic E-state index is 5.49. The molecule has 19 heavy (non-hydrogen) atoms. The molecule has 0 amide bonds. The second-order valence-electron chi connectivity index (χ2n) is 6.03. The molecule has 2 nitrogen and oxygen atoms in total. The molecule has 0 spiro atoms. The van der Waals surface area contributed by atoms with Crippen LogP contribution >= 0.6 is 0 Å². The average Bonchev–Trinajstić information content (AvgIpc) is 3.18. The van der Waals surface area contributed by atoms with E-state index in [9.17, 15) is 0 Å². The molecule has 0 aromatic rings. The Bertz CT molecular complexity index is 240. The van der Waals surface area contributed by atoms with E-state index < -0.39 is 0 Å². The molecule has 0 N–H and O–H groups in total.